The molecule has 0 radical (unpaired) electrons. The molecule has 0 aliphatic carbocycles. The van der Waals surface area contributed by atoms with Gasteiger partial charge in [0, 0.05) is 19.6 Å². The molecule has 2 aliphatic heterocycles. The third kappa shape index (κ3) is 2.05. The third-order valence-electron chi connectivity index (χ3n) is 3.73. The smallest absolute Gasteiger partial charge is 0.00257 e. The SMILES string of the molecule is CCC(C)CN1CC2CNCC2C1. The molecule has 0 aromatic rings. The molecule has 2 rings (SSSR count). The number of hydrogen-bond donors (Lipinski definition) is 1. The zero-order valence-corrected chi connectivity index (χ0v) is 8.92. The minimum Gasteiger partial charge on any atom is -0.316 e. The molecule has 2 heteroatoms. The summed E-state index contributed by atoms with van der Waals surface area (Å²) >= 11 is 0. The Kier molecular flexibility index (Phi) is 2.89. The Morgan fingerprint density at radius 1 is 1.31 bits per heavy atom. The maximum atomic E-state index is 3.49. The topological polar surface area (TPSA) is 15.3 Å². The average molecular weight is 182 g/mol. The highest BCUT2D eigenvalue weighted by molar-refractivity contribution is 4.91. The first-order valence-electron chi connectivity index (χ1n) is 5.72. The van der Waals surface area contributed by atoms with Crippen molar-refractivity contribution in [1.82, 2.24) is 10.2 Å². The summed E-state index contributed by atoms with van der Waals surface area (Å²) in [5.74, 6) is 2.81. The molecule has 1 N–H and O–H groups in total. The van der Waals surface area contributed by atoms with Gasteiger partial charge in [-0.2, -0.15) is 0 Å². The van der Waals surface area contributed by atoms with E-state index in [0.717, 1.165) is 17.8 Å². The van der Waals surface area contributed by atoms with Crippen molar-refractivity contribution in [2.45, 2.75) is 20.3 Å². The number of nitrogens with one attached hydrogen (secondary N) is 1. The van der Waals surface area contributed by atoms with Crippen LogP contribution in [0.25, 0.3) is 0 Å². The van der Waals surface area contributed by atoms with Crippen molar-refractivity contribution in [3.05, 3.63) is 0 Å². The second kappa shape index (κ2) is 3.97. The highest BCUT2D eigenvalue weighted by Gasteiger charge is 2.35. The quantitative estimate of drug-likeness (QED) is 0.705. The molecular formula is C11H22N2. The largest absolute Gasteiger partial charge is 0.316 e. The van der Waals surface area contributed by atoms with E-state index < -0.39 is 0 Å². The summed E-state index contributed by atoms with van der Waals surface area (Å²) in [7, 11) is 0. The Labute approximate surface area is 81.7 Å². The van der Waals surface area contributed by atoms with Gasteiger partial charge in [-0.15, -0.1) is 0 Å². The molecule has 2 aliphatic rings. The van der Waals surface area contributed by atoms with Crippen molar-refractivity contribution in [3.63, 3.8) is 0 Å². The van der Waals surface area contributed by atoms with Gasteiger partial charge in [-0.05, 0) is 30.8 Å². The van der Waals surface area contributed by atoms with Crippen molar-refractivity contribution in [3.8, 4) is 0 Å². The molecule has 3 atom stereocenters. The van der Waals surface area contributed by atoms with E-state index in [1.54, 1.807) is 0 Å². The molecule has 3 unspecified atom stereocenters. The molecule has 2 heterocycles. The normalized spacial score (nSPS) is 36.5. The van der Waals surface area contributed by atoms with Crippen LogP contribution < -0.4 is 5.32 Å². The zero-order valence-electron chi connectivity index (χ0n) is 8.92. The lowest BCUT2D eigenvalue weighted by molar-refractivity contribution is 0.266. The number of fused-ring (bicyclic) bond motifs is 1. The zero-order chi connectivity index (χ0) is 9.26. The Balaban J connectivity index is 1.78. The lowest BCUT2D eigenvalue weighted by Gasteiger charge is -2.20. The molecular weight excluding hydrogens is 160 g/mol. The van der Waals surface area contributed by atoms with Gasteiger partial charge in [-0.1, -0.05) is 20.3 Å². The molecule has 2 fully saturated rings. The highest BCUT2D eigenvalue weighted by Crippen LogP contribution is 2.26. The van der Waals surface area contributed by atoms with Gasteiger partial charge in [0.1, 0.15) is 0 Å². The van der Waals surface area contributed by atoms with Crippen LogP contribution in [-0.2, 0) is 0 Å². The number of nitrogens with zero attached hydrogens (tertiary/aromatic N) is 1. The molecule has 0 aromatic carbocycles. The fourth-order valence-electron chi connectivity index (χ4n) is 2.67. The van der Waals surface area contributed by atoms with Crippen LogP contribution in [0.1, 0.15) is 20.3 Å². The Morgan fingerprint density at radius 3 is 2.46 bits per heavy atom. The van der Waals surface area contributed by atoms with Crippen LogP contribution in [-0.4, -0.2) is 37.6 Å². The Bertz CT molecular complexity index is 155. The number of likely N-dealkylation sites (tertiary alicyclic amines) is 1. The molecule has 2 saturated heterocycles. The van der Waals surface area contributed by atoms with Crippen molar-refractivity contribution in [1.29, 1.82) is 0 Å². The van der Waals surface area contributed by atoms with Gasteiger partial charge in [0.15, 0.2) is 0 Å². The summed E-state index contributed by atoms with van der Waals surface area (Å²) in [6, 6.07) is 0. The lowest BCUT2D eigenvalue weighted by atomic mass is 10.0. The molecule has 0 spiro atoms. The third-order valence-corrected chi connectivity index (χ3v) is 3.73. The first-order chi connectivity index (χ1) is 6.29. The van der Waals surface area contributed by atoms with Crippen LogP contribution >= 0.6 is 0 Å². The van der Waals surface area contributed by atoms with Gasteiger partial charge in [0.05, 0.1) is 0 Å². The summed E-state index contributed by atoms with van der Waals surface area (Å²) in [5, 5.41) is 3.49. The number of rotatable bonds is 3. The van der Waals surface area contributed by atoms with Gasteiger partial charge < -0.3 is 10.2 Å². The predicted octanol–water partition coefficient (Wildman–Crippen LogP) is 1.18. The lowest BCUT2D eigenvalue weighted by Crippen LogP contribution is -2.29. The minimum absolute atomic E-state index is 0.881. The molecule has 0 aromatic heterocycles. The van der Waals surface area contributed by atoms with Gasteiger partial charge >= 0.3 is 0 Å². The predicted molar refractivity (Wildman–Crippen MR) is 55.7 cm³/mol. The molecule has 76 valence electrons. The Hall–Kier alpha value is -0.0800. The molecule has 0 bridgehead atoms. The molecule has 0 saturated carbocycles. The van der Waals surface area contributed by atoms with E-state index in [1.807, 2.05) is 0 Å². The second-order valence-corrected chi connectivity index (χ2v) is 4.91. The van der Waals surface area contributed by atoms with Crippen LogP contribution in [0.5, 0.6) is 0 Å². The number of hydrogen-bond acceptors (Lipinski definition) is 2. The van der Waals surface area contributed by atoms with E-state index in [1.165, 1.54) is 39.1 Å². The summed E-state index contributed by atoms with van der Waals surface area (Å²) < 4.78 is 0. The summed E-state index contributed by atoms with van der Waals surface area (Å²) in [4.78, 5) is 2.67. The van der Waals surface area contributed by atoms with Crippen LogP contribution in [0.15, 0.2) is 0 Å². The fraction of sp³-hybridized carbons (Fsp3) is 1.00. The van der Waals surface area contributed by atoms with Crippen LogP contribution in [0.4, 0.5) is 0 Å². The first-order valence-corrected chi connectivity index (χ1v) is 5.72. The summed E-state index contributed by atoms with van der Waals surface area (Å²) in [6.45, 7) is 11.2. The highest BCUT2D eigenvalue weighted by atomic mass is 15.2. The molecule has 0 amide bonds. The summed E-state index contributed by atoms with van der Waals surface area (Å²) in [5.41, 5.74) is 0. The van der Waals surface area contributed by atoms with Gasteiger partial charge in [0.2, 0.25) is 0 Å². The van der Waals surface area contributed by atoms with E-state index in [-0.39, 0.29) is 0 Å². The maximum absolute atomic E-state index is 3.49. The van der Waals surface area contributed by atoms with Gasteiger partial charge in [0.25, 0.3) is 0 Å². The second-order valence-electron chi connectivity index (χ2n) is 4.91. The van der Waals surface area contributed by atoms with E-state index in [4.69, 9.17) is 0 Å². The van der Waals surface area contributed by atoms with Gasteiger partial charge in [-0.3, -0.25) is 0 Å². The first kappa shape index (κ1) is 9.47. The Morgan fingerprint density at radius 2 is 1.92 bits per heavy atom. The van der Waals surface area contributed by atoms with Crippen molar-refractivity contribution >= 4 is 0 Å². The maximum Gasteiger partial charge on any atom is 0.00257 e. The van der Waals surface area contributed by atoms with E-state index in [2.05, 4.69) is 24.1 Å². The van der Waals surface area contributed by atoms with Gasteiger partial charge in [-0.25, -0.2) is 0 Å². The van der Waals surface area contributed by atoms with Crippen LogP contribution in [0.2, 0.25) is 0 Å². The van der Waals surface area contributed by atoms with E-state index >= 15 is 0 Å². The van der Waals surface area contributed by atoms with E-state index in [0.29, 0.717) is 0 Å². The van der Waals surface area contributed by atoms with Crippen LogP contribution in [0, 0.1) is 17.8 Å². The monoisotopic (exact) mass is 182 g/mol. The van der Waals surface area contributed by atoms with Crippen molar-refractivity contribution in [2.75, 3.05) is 32.7 Å². The minimum atomic E-state index is 0.881. The van der Waals surface area contributed by atoms with Crippen molar-refractivity contribution < 1.29 is 0 Å². The summed E-state index contributed by atoms with van der Waals surface area (Å²) in [6.07, 6.45) is 1.32. The fourth-order valence-corrected chi connectivity index (χ4v) is 2.67. The molecule has 13 heavy (non-hydrogen) atoms. The van der Waals surface area contributed by atoms with E-state index in [9.17, 15) is 0 Å². The standard InChI is InChI=1S/C11H22N2/c1-3-9(2)6-13-7-10-4-12-5-11(10)8-13/h9-12H,3-8H2,1-2H3. The van der Waals surface area contributed by atoms with Crippen LogP contribution in [0.3, 0.4) is 0 Å². The molecule has 2 nitrogen and oxygen atoms in total. The van der Waals surface area contributed by atoms with Crippen molar-refractivity contribution in [2.24, 2.45) is 17.8 Å². The average Bonchev–Trinajstić information content (AvgIpc) is 2.63.